The molecule has 1 saturated carbocycles. The van der Waals surface area contributed by atoms with Crippen molar-refractivity contribution in [3.63, 3.8) is 0 Å². The SMILES string of the molecule is NCC1(NC(=O)c2cccc(C(F)(F)F)c2F)CC1. The third-order valence-electron chi connectivity index (χ3n) is 3.17. The fraction of sp³-hybridized carbons (Fsp3) is 0.417. The second kappa shape index (κ2) is 4.48. The third kappa shape index (κ3) is 2.70. The van der Waals surface area contributed by atoms with E-state index in [1.165, 1.54) is 0 Å². The molecule has 0 heterocycles. The minimum Gasteiger partial charge on any atom is -0.345 e. The van der Waals surface area contributed by atoms with Crippen LogP contribution >= 0.6 is 0 Å². The maximum atomic E-state index is 13.7. The van der Waals surface area contributed by atoms with Crippen LogP contribution in [0.25, 0.3) is 0 Å². The number of carbonyl (C=O) groups excluding carboxylic acids is 1. The Bertz CT molecular complexity index is 509. The number of hydrogen-bond donors (Lipinski definition) is 2. The summed E-state index contributed by atoms with van der Waals surface area (Å²) in [5.74, 6) is -2.42. The van der Waals surface area contributed by atoms with Crippen molar-refractivity contribution in [3.05, 3.63) is 35.1 Å². The summed E-state index contributed by atoms with van der Waals surface area (Å²) in [5.41, 5.74) is 2.80. The number of halogens is 4. The molecule has 2 rings (SSSR count). The molecule has 3 N–H and O–H groups in total. The number of nitrogens with one attached hydrogen (secondary N) is 1. The predicted molar refractivity (Wildman–Crippen MR) is 59.9 cm³/mol. The smallest absolute Gasteiger partial charge is 0.345 e. The largest absolute Gasteiger partial charge is 0.419 e. The molecule has 0 radical (unpaired) electrons. The van der Waals surface area contributed by atoms with Gasteiger partial charge in [0.1, 0.15) is 5.82 Å². The average Bonchev–Trinajstić information content (AvgIpc) is 3.08. The Morgan fingerprint density at radius 2 is 2.00 bits per heavy atom. The molecule has 0 spiro atoms. The van der Waals surface area contributed by atoms with Gasteiger partial charge in [0.2, 0.25) is 0 Å². The topological polar surface area (TPSA) is 55.1 Å². The Kier molecular flexibility index (Phi) is 3.25. The summed E-state index contributed by atoms with van der Waals surface area (Å²) in [6.07, 6.45) is -3.53. The van der Waals surface area contributed by atoms with E-state index in [-0.39, 0.29) is 6.54 Å². The molecule has 0 atom stereocenters. The predicted octanol–water partition coefficient (Wildman–Crippen LogP) is 2.07. The molecule has 1 aliphatic carbocycles. The molecule has 1 aromatic rings. The summed E-state index contributed by atoms with van der Waals surface area (Å²) < 4.78 is 51.3. The van der Waals surface area contributed by atoms with E-state index in [0.29, 0.717) is 18.9 Å². The molecule has 1 amide bonds. The van der Waals surface area contributed by atoms with Crippen LogP contribution in [0.1, 0.15) is 28.8 Å². The summed E-state index contributed by atoms with van der Waals surface area (Å²) in [6.45, 7) is 0.180. The van der Waals surface area contributed by atoms with Crippen molar-refractivity contribution in [2.45, 2.75) is 24.6 Å². The molecule has 1 aliphatic rings. The van der Waals surface area contributed by atoms with Crippen LogP contribution in [0, 0.1) is 5.82 Å². The molecule has 0 aliphatic heterocycles. The number of nitrogens with two attached hydrogens (primary N) is 1. The first-order valence-electron chi connectivity index (χ1n) is 5.67. The fourth-order valence-electron chi connectivity index (χ4n) is 1.77. The minimum absolute atomic E-state index is 0.180. The highest BCUT2D eigenvalue weighted by Gasteiger charge is 2.43. The summed E-state index contributed by atoms with van der Waals surface area (Å²) in [4.78, 5) is 11.8. The van der Waals surface area contributed by atoms with Crippen molar-refractivity contribution in [2.75, 3.05) is 6.54 Å². The van der Waals surface area contributed by atoms with Crippen molar-refractivity contribution in [1.82, 2.24) is 5.32 Å². The van der Waals surface area contributed by atoms with Gasteiger partial charge in [0.25, 0.3) is 5.91 Å². The highest BCUT2D eigenvalue weighted by atomic mass is 19.4. The summed E-state index contributed by atoms with van der Waals surface area (Å²) in [7, 11) is 0. The molecule has 1 aromatic carbocycles. The van der Waals surface area contributed by atoms with E-state index < -0.39 is 34.6 Å². The number of carbonyl (C=O) groups is 1. The van der Waals surface area contributed by atoms with Gasteiger partial charge in [0.05, 0.1) is 16.7 Å². The van der Waals surface area contributed by atoms with Crippen molar-refractivity contribution in [3.8, 4) is 0 Å². The number of benzene rings is 1. The van der Waals surface area contributed by atoms with Crippen LogP contribution in [-0.4, -0.2) is 18.0 Å². The minimum atomic E-state index is -4.83. The van der Waals surface area contributed by atoms with Gasteiger partial charge in [-0.15, -0.1) is 0 Å². The maximum absolute atomic E-state index is 13.7. The Morgan fingerprint density at radius 1 is 1.37 bits per heavy atom. The second-order valence-corrected chi connectivity index (χ2v) is 4.60. The van der Waals surface area contributed by atoms with Gasteiger partial charge >= 0.3 is 6.18 Å². The Labute approximate surface area is 106 Å². The van der Waals surface area contributed by atoms with Gasteiger partial charge in [-0.3, -0.25) is 4.79 Å². The van der Waals surface area contributed by atoms with Gasteiger partial charge in [-0.1, -0.05) is 6.07 Å². The Morgan fingerprint density at radius 3 is 2.47 bits per heavy atom. The van der Waals surface area contributed by atoms with Gasteiger partial charge in [0.15, 0.2) is 0 Å². The van der Waals surface area contributed by atoms with Crippen LogP contribution in [0.4, 0.5) is 17.6 Å². The third-order valence-corrected chi connectivity index (χ3v) is 3.17. The van der Waals surface area contributed by atoms with E-state index in [0.717, 1.165) is 12.1 Å². The van der Waals surface area contributed by atoms with E-state index in [1.54, 1.807) is 0 Å². The van der Waals surface area contributed by atoms with E-state index >= 15 is 0 Å². The number of hydrogen-bond acceptors (Lipinski definition) is 2. The quantitative estimate of drug-likeness (QED) is 0.830. The standard InChI is InChI=1S/C12H12F4N2O/c13-9-7(2-1-3-8(9)12(14,15)16)10(19)18-11(6-17)4-5-11/h1-3H,4-6,17H2,(H,18,19). The molecule has 1 fully saturated rings. The summed E-state index contributed by atoms with van der Waals surface area (Å²) >= 11 is 0. The molecular formula is C12H12F4N2O. The van der Waals surface area contributed by atoms with Crippen LogP contribution in [-0.2, 0) is 6.18 Å². The second-order valence-electron chi connectivity index (χ2n) is 4.60. The highest BCUT2D eigenvalue weighted by Crippen LogP contribution is 2.35. The molecule has 104 valence electrons. The zero-order valence-electron chi connectivity index (χ0n) is 9.85. The van der Waals surface area contributed by atoms with Crippen LogP contribution < -0.4 is 11.1 Å². The molecule has 3 nitrogen and oxygen atoms in total. The van der Waals surface area contributed by atoms with Crippen LogP contribution in [0.2, 0.25) is 0 Å². The lowest BCUT2D eigenvalue weighted by atomic mass is 10.1. The van der Waals surface area contributed by atoms with E-state index in [4.69, 9.17) is 5.73 Å². The van der Waals surface area contributed by atoms with Crippen molar-refractivity contribution >= 4 is 5.91 Å². The monoisotopic (exact) mass is 276 g/mol. The fourth-order valence-corrected chi connectivity index (χ4v) is 1.77. The molecule has 0 unspecified atom stereocenters. The van der Waals surface area contributed by atoms with Gasteiger partial charge in [-0.25, -0.2) is 4.39 Å². The Balaban J connectivity index is 2.28. The first-order valence-corrected chi connectivity index (χ1v) is 5.67. The average molecular weight is 276 g/mol. The summed E-state index contributed by atoms with van der Waals surface area (Å²) in [5, 5.41) is 2.48. The lowest BCUT2D eigenvalue weighted by Gasteiger charge is -2.16. The van der Waals surface area contributed by atoms with E-state index in [1.807, 2.05) is 0 Å². The zero-order chi connectivity index (χ0) is 14.3. The number of alkyl halides is 3. The Hall–Kier alpha value is -1.63. The number of amides is 1. The van der Waals surface area contributed by atoms with Gasteiger partial charge in [0, 0.05) is 6.54 Å². The van der Waals surface area contributed by atoms with Crippen LogP contribution in [0.15, 0.2) is 18.2 Å². The molecular weight excluding hydrogens is 264 g/mol. The number of rotatable bonds is 3. The molecule has 0 bridgehead atoms. The zero-order valence-corrected chi connectivity index (χ0v) is 9.85. The molecule has 19 heavy (non-hydrogen) atoms. The van der Waals surface area contributed by atoms with Crippen molar-refractivity contribution in [1.29, 1.82) is 0 Å². The first kappa shape index (κ1) is 13.8. The normalized spacial score (nSPS) is 17.1. The van der Waals surface area contributed by atoms with Crippen molar-refractivity contribution < 1.29 is 22.4 Å². The van der Waals surface area contributed by atoms with E-state index in [9.17, 15) is 22.4 Å². The van der Waals surface area contributed by atoms with Crippen molar-refractivity contribution in [2.24, 2.45) is 5.73 Å². The van der Waals surface area contributed by atoms with Crippen LogP contribution in [0.5, 0.6) is 0 Å². The first-order chi connectivity index (χ1) is 8.79. The van der Waals surface area contributed by atoms with Gasteiger partial charge in [-0.05, 0) is 25.0 Å². The maximum Gasteiger partial charge on any atom is 0.419 e. The van der Waals surface area contributed by atoms with Gasteiger partial charge < -0.3 is 11.1 Å². The lowest BCUT2D eigenvalue weighted by Crippen LogP contribution is -2.42. The molecule has 0 aromatic heterocycles. The van der Waals surface area contributed by atoms with Crippen LogP contribution in [0.3, 0.4) is 0 Å². The highest BCUT2D eigenvalue weighted by molar-refractivity contribution is 5.95. The van der Waals surface area contributed by atoms with Gasteiger partial charge in [-0.2, -0.15) is 13.2 Å². The summed E-state index contributed by atoms with van der Waals surface area (Å²) in [6, 6.07) is 2.62. The molecule has 0 saturated heterocycles. The van der Waals surface area contributed by atoms with E-state index in [2.05, 4.69) is 5.32 Å². The lowest BCUT2D eigenvalue weighted by molar-refractivity contribution is -0.140. The molecule has 7 heteroatoms.